The molecule has 0 aliphatic rings. The highest BCUT2D eigenvalue weighted by molar-refractivity contribution is 7.98. The van der Waals surface area contributed by atoms with Gasteiger partial charge >= 0.3 is 0 Å². The van der Waals surface area contributed by atoms with Crippen LogP contribution in [0.25, 0.3) is 0 Å². The van der Waals surface area contributed by atoms with E-state index in [2.05, 4.69) is 6.07 Å². The van der Waals surface area contributed by atoms with Crippen molar-refractivity contribution in [1.82, 2.24) is 0 Å². The van der Waals surface area contributed by atoms with Gasteiger partial charge in [-0.2, -0.15) is 5.26 Å². The van der Waals surface area contributed by atoms with E-state index >= 15 is 0 Å². The number of benzene rings is 1. The van der Waals surface area contributed by atoms with Gasteiger partial charge in [0.25, 0.3) is 0 Å². The van der Waals surface area contributed by atoms with Gasteiger partial charge in [0.15, 0.2) is 0 Å². The van der Waals surface area contributed by atoms with Gasteiger partial charge in [0.05, 0.1) is 12.2 Å². The standard InChI is InChI=1S/C9H9NOS/c1-12-9-3-2-7(6-11)4-8(9)5-10/h2-4,11H,6H2,1H3. The molecule has 0 saturated heterocycles. The Kier molecular flexibility index (Phi) is 3.15. The van der Waals surface area contributed by atoms with Gasteiger partial charge in [-0.15, -0.1) is 11.8 Å². The fourth-order valence-electron chi connectivity index (χ4n) is 0.941. The molecule has 3 heteroatoms. The minimum atomic E-state index is -0.0106. The maximum atomic E-state index is 8.80. The Morgan fingerprint density at radius 1 is 1.58 bits per heavy atom. The molecule has 0 aliphatic heterocycles. The van der Waals surface area contributed by atoms with E-state index in [1.54, 1.807) is 6.07 Å². The molecule has 1 aromatic rings. The van der Waals surface area contributed by atoms with E-state index in [0.29, 0.717) is 5.56 Å². The summed E-state index contributed by atoms with van der Waals surface area (Å²) in [5.41, 5.74) is 1.42. The minimum absolute atomic E-state index is 0.0106. The van der Waals surface area contributed by atoms with Gasteiger partial charge in [-0.25, -0.2) is 0 Å². The van der Waals surface area contributed by atoms with Gasteiger partial charge in [0.2, 0.25) is 0 Å². The summed E-state index contributed by atoms with van der Waals surface area (Å²) in [6.07, 6.45) is 1.93. The van der Waals surface area contributed by atoms with Crippen molar-refractivity contribution < 1.29 is 5.11 Å². The van der Waals surface area contributed by atoms with Crippen molar-refractivity contribution in [2.24, 2.45) is 0 Å². The van der Waals surface area contributed by atoms with Crippen LogP contribution in [0.5, 0.6) is 0 Å². The SMILES string of the molecule is CSc1ccc(CO)cc1C#N. The molecule has 0 radical (unpaired) electrons. The number of aliphatic hydroxyl groups is 1. The summed E-state index contributed by atoms with van der Waals surface area (Å²) in [4.78, 5) is 0.953. The Balaban J connectivity index is 3.13. The summed E-state index contributed by atoms with van der Waals surface area (Å²) in [6, 6.07) is 7.49. The lowest BCUT2D eigenvalue weighted by Gasteiger charge is -2.01. The molecule has 0 saturated carbocycles. The van der Waals surface area contributed by atoms with Crippen LogP contribution in [0.2, 0.25) is 0 Å². The van der Waals surface area contributed by atoms with Crippen LogP contribution in [0, 0.1) is 11.3 Å². The summed E-state index contributed by atoms with van der Waals surface area (Å²) in [5, 5.41) is 17.5. The van der Waals surface area contributed by atoms with Crippen molar-refractivity contribution in [2.75, 3.05) is 6.26 Å². The zero-order valence-corrected chi connectivity index (χ0v) is 7.56. The van der Waals surface area contributed by atoms with E-state index in [4.69, 9.17) is 10.4 Å². The van der Waals surface area contributed by atoms with E-state index < -0.39 is 0 Å². The highest BCUT2D eigenvalue weighted by atomic mass is 32.2. The van der Waals surface area contributed by atoms with Crippen molar-refractivity contribution in [3.8, 4) is 6.07 Å². The Labute approximate surface area is 75.8 Å². The van der Waals surface area contributed by atoms with Crippen LogP contribution in [0.4, 0.5) is 0 Å². The molecule has 0 aliphatic carbocycles. The van der Waals surface area contributed by atoms with Gasteiger partial charge in [0.1, 0.15) is 6.07 Å². The average Bonchev–Trinajstić information content (AvgIpc) is 2.16. The predicted octanol–water partition coefficient (Wildman–Crippen LogP) is 1.77. The molecule has 1 aromatic carbocycles. The topological polar surface area (TPSA) is 44.0 Å². The Morgan fingerprint density at radius 3 is 2.83 bits per heavy atom. The van der Waals surface area contributed by atoms with Crippen molar-refractivity contribution in [3.05, 3.63) is 29.3 Å². The van der Waals surface area contributed by atoms with Crippen molar-refractivity contribution in [2.45, 2.75) is 11.5 Å². The van der Waals surface area contributed by atoms with Crippen LogP contribution in [-0.2, 0) is 6.61 Å². The molecule has 0 heterocycles. The van der Waals surface area contributed by atoms with Crippen molar-refractivity contribution >= 4 is 11.8 Å². The second kappa shape index (κ2) is 4.15. The van der Waals surface area contributed by atoms with Crippen LogP contribution < -0.4 is 0 Å². The Bertz CT molecular complexity index is 317. The normalized spacial score (nSPS) is 9.42. The lowest BCUT2D eigenvalue weighted by atomic mass is 10.1. The van der Waals surface area contributed by atoms with Crippen molar-refractivity contribution in [1.29, 1.82) is 5.26 Å². The molecule has 1 N–H and O–H groups in total. The molecular weight excluding hydrogens is 170 g/mol. The number of aliphatic hydroxyl groups excluding tert-OH is 1. The van der Waals surface area contributed by atoms with E-state index in [1.165, 1.54) is 11.8 Å². The zero-order chi connectivity index (χ0) is 8.97. The summed E-state index contributed by atoms with van der Waals surface area (Å²) >= 11 is 1.54. The second-order valence-electron chi connectivity index (χ2n) is 2.30. The number of rotatable bonds is 2. The summed E-state index contributed by atoms with van der Waals surface area (Å²) in [5.74, 6) is 0. The number of thioether (sulfide) groups is 1. The third-order valence-electron chi connectivity index (χ3n) is 1.57. The van der Waals surface area contributed by atoms with Crippen LogP contribution in [0.3, 0.4) is 0 Å². The number of nitriles is 1. The fourth-order valence-corrected chi connectivity index (χ4v) is 1.47. The molecule has 62 valence electrons. The number of nitrogens with zero attached hydrogens (tertiary/aromatic N) is 1. The largest absolute Gasteiger partial charge is 0.392 e. The van der Waals surface area contributed by atoms with Gasteiger partial charge in [-0.05, 0) is 24.0 Å². The van der Waals surface area contributed by atoms with Crippen LogP contribution in [0.1, 0.15) is 11.1 Å². The van der Waals surface area contributed by atoms with Gasteiger partial charge in [0, 0.05) is 4.90 Å². The molecule has 0 bridgehead atoms. The van der Waals surface area contributed by atoms with Crippen LogP contribution in [0.15, 0.2) is 23.1 Å². The Hall–Kier alpha value is -0.980. The third-order valence-corrected chi connectivity index (χ3v) is 2.36. The third kappa shape index (κ3) is 1.79. The maximum absolute atomic E-state index is 8.80. The molecule has 2 nitrogen and oxygen atoms in total. The van der Waals surface area contributed by atoms with E-state index in [1.807, 2.05) is 18.4 Å². The molecule has 1 rings (SSSR count). The maximum Gasteiger partial charge on any atom is 0.100 e. The fraction of sp³-hybridized carbons (Fsp3) is 0.222. The average molecular weight is 179 g/mol. The first-order chi connectivity index (χ1) is 5.81. The summed E-state index contributed by atoms with van der Waals surface area (Å²) in [7, 11) is 0. The first-order valence-electron chi connectivity index (χ1n) is 3.49. The van der Waals surface area contributed by atoms with E-state index in [-0.39, 0.29) is 6.61 Å². The first kappa shape index (κ1) is 9.11. The molecule has 0 atom stereocenters. The van der Waals surface area contributed by atoms with Crippen LogP contribution >= 0.6 is 11.8 Å². The van der Waals surface area contributed by atoms with Crippen LogP contribution in [-0.4, -0.2) is 11.4 Å². The first-order valence-corrected chi connectivity index (χ1v) is 4.72. The quantitative estimate of drug-likeness (QED) is 0.704. The van der Waals surface area contributed by atoms with E-state index in [9.17, 15) is 0 Å². The summed E-state index contributed by atoms with van der Waals surface area (Å²) < 4.78 is 0. The molecule has 0 amide bonds. The molecule has 12 heavy (non-hydrogen) atoms. The van der Waals surface area contributed by atoms with Gasteiger partial charge < -0.3 is 5.11 Å². The number of hydrogen-bond donors (Lipinski definition) is 1. The smallest absolute Gasteiger partial charge is 0.100 e. The Morgan fingerprint density at radius 2 is 2.33 bits per heavy atom. The molecule has 0 unspecified atom stereocenters. The lowest BCUT2D eigenvalue weighted by molar-refractivity contribution is 0.281. The molecule has 0 aromatic heterocycles. The lowest BCUT2D eigenvalue weighted by Crippen LogP contribution is -1.86. The highest BCUT2D eigenvalue weighted by Gasteiger charge is 2.00. The second-order valence-corrected chi connectivity index (χ2v) is 3.15. The molecule has 0 spiro atoms. The summed E-state index contributed by atoms with van der Waals surface area (Å²) in [6.45, 7) is -0.0106. The monoisotopic (exact) mass is 179 g/mol. The highest BCUT2D eigenvalue weighted by Crippen LogP contribution is 2.20. The molecular formula is C9H9NOS. The molecule has 0 fully saturated rings. The number of hydrogen-bond acceptors (Lipinski definition) is 3. The zero-order valence-electron chi connectivity index (χ0n) is 6.74. The van der Waals surface area contributed by atoms with Crippen molar-refractivity contribution in [3.63, 3.8) is 0 Å². The predicted molar refractivity (Wildman–Crippen MR) is 48.9 cm³/mol. The van der Waals surface area contributed by atoms with E-state index in [0.717, 1.165) is 10.5 Å². The van der Waals surface area contributed by atoms with Gasteiger partial charge in [-0.1, -0.05) is 6.07 Å². The minimum Gasteiger partial charge on any atom is -0.392 e. The van der Waals surface area contributed by atoms with Gasteiger partial charge in [-0.3, -0.25) is 0 Å².